The minimum Gasteiger partial charge on any atom is -0.337 e. The maximum absolute atomic E-state index is 13.4. The summed E-state index contributed by atoms with van der Waals surface area (Å²) in [6, 6.07) is 6.19. The molecule has 0 saturated carbocycles. The van der Waals surface area contributed by atoms with E-state index in [-0.39, 0.29) is 35.9 Å². The summed E-state index contributed by atoms with van der Waals surface area (Å²) in [5.41, 5.74) is 0.0485. The zero-order chi connectivity index (χ0) is 25.2. The van der Waals surface area contributed by atoms with Crippen molar-refractivity contribution in [1.29, 1.82) is 0 Å². The lowest BCUT2D eigenvalue weighted by Crippen LogP contribution is -2.62. The van der Waals surface area contributed by atoms with Gasteiger partial charge in [-0.1, -0.05) is 12.1 Å². The smallest absolute Gasteiger partial charge is 0.337 e. The van der Waals surface area contributed by atoms with Crippen molar-refractivity contribution in [3.05, 3.63) is 53.6 Å². The van der Waals surface area contributed by atoms with Crippen molar-refractivity contribution >= 4 is 12.0 Å². The average Bonchev–Trinajstić information content (AvgIpc) is 2.79. The molecule has 3 heterocycles. The molecule has 2 aromatic rings. The van der Waals surface area contributed by atoms with Crippen LogP contribution in [0.15, 0.2) is 36.7 Å². The van der Waals surface area contributed by atoms with Crippen LogP contribution in [0.25, 0.3) is 0 Å². The number of aromatic nitrogens is 2. The van der Waals surface area contributed by atoms with Crippen LogP contribution >= 0.6 is 0 Å². The average molecular weight is 495 g/mol. The number of alkyl halides is 3. The molecule has 0 spiro atoms. The van der Waals surface area contributed by atoms with E-state index in [0.717, 1.165) is 43.9 Å². The molecule has 190 valence electrons. The molecule has 35 heavy (non-hydrogen) atoms. The molecule has 7 nitrogen and oxygen atoms in total. The van der Waals surface area contributed by atoms with Crippen LogP contribution in [0.4, 0.5) is 28.3 Å². The molecule has 0 unspecified atom stereocenters. The van der Waals surface area contributed by atoms with Gasteiger partial charge in [0, 0.05) is 63.2 Å². The van der Waals surface area contributed by atoms with Crippen molar-refractivity contribution in [1.82, 2.24) is 25.1 Å². The summed E-state index contributed by atoms with van der Waals surface area (Å²) in [5, 5.41) is 3.15. The standard InChI is InChI=1S/C24H30F4N6O/c1-16-13-33(22-29-11-19(12-30-22)24(26,27)28)14-17(2)34(16)23(35)31-21-6-8-32(9-7-21)15-18-4-3-5-20(25)10-18/h3-5,10-12,16-17,21H,6-9,13-15H2,1-2H3,(H,31,35)/t16-,17+. The molecule has 2 aliphatic heterocycles. The summed E-state index contributed by atoms with van der Waals surface area (Å²) in [7, 11) is 0. The number of nitrogens with zero attached hydrogens (tertiary/aromatic N) is 5. The molecule has 1 aromatic heterocycles. The van der Waals surface area contributed by atoms with Crippen LogP contribution in [0.1, 0.15) is 37.8 Å². The van der Waals surface area contributed by atoms with Gasteiger partial charge in [0.25, 0.3) is 0 Å². The van der Waals surface area contributed by atoms with Gasteiger partial charge in [-0.3, -0.25) is 4.90 Å². The van der Waals surface area contributed by atoms with Crippen LogP contribution < -0.4 is 10.2 Å². The van der Waals surface area contributed by atoms with Crippen LogP contribution in [0.5, 0.6) is 0 Å². The second-order valence-electron chi connectivity index (χ2n) is 9.41. The second kappa shape index (κ2) is 10.3. The Labute approximate surface area is 202 Å². The number of anilines is 1. The minimum absolute atomic E-state index is 0.0573. The van der Waals surface area contributed by atoms with Crippen molar-refractivity contribution in [2.45, 2.75) is 57.5 Å². The Bertz CT molecular complexity index is 998. The number of hydrogen-bond donors (Lipinski definition) is 1. The summed E-state index contributed by atoms with van der Waals surface area (Å²) in [4.78, 5) is 26.7. The van der Waals surface area contributed by atoms with E-state index in [1.54, 1.807) is 17.0 Å². The summed E-state index contributed by atoms with van der Waals surface area (Å²) >= 11 is 0. The van der Waals surface area contributed by atoms with Crippen LogP contribution in [-0.2, 0) is 12.7 Å². The fourth-order valence-electron chi connectivity index (χ4n) is 4.90. The Hall–Kier alpha value is -2.95. The first kappa shape index (κ1) is 25.2. The normalized spacial score (nSPS) is 22.3. The monoisotopic (exact) mass is 494 g/mol. The third kappa shape index (κ3) is 6.19. The van der Waals surface area contributed by atoms with Gasteiger partial charge < -0.3 is 15.1 Å². The Morgan fingerprint density at radius 3 is 2.29 bits per heavy atom. The number of carbonyl (C=O) groups excluding carboxylic acids is 1. The molecule has 2 saturated heterocycles. The first-order valence-corrected chi connectivity index (χ1v) is 11.8. The van der Waals surface area contributed by atoms with E-state index in [1.807, 2.05) is 24.8 Å². The second-order valence-corrected chi connectivity index (χ2v) is 9.41. The Morgan fingerprint density at radius 1 is 1.09 bits per heavy atom. The van der Waals surface area contributed by atoms with Crippen molar-refractivity contribution in [3.8, 4) is 0 Å². The lowest BCUT2D eigenvalue weighted by atomic mass is 10.0. The van der Waals surface area contributed by atoms with E-state index in [1.165, 1.54) is 6.07 Å². The number of piperazine rings is 1. The predicted molar refractivity (Wildman–Crippen MR) is 123 cm³/mol. The first-order valence-electron chi connectivity index (χ1n) is 11.8. The maximum atomic E-state index is 13.4. The van der Waals surface area contributed by atoms with Crippen LogP contribution in [0.2, 0.25) is 0 Å². The molecular formula is C24H30F4N6O. The highest BCUT2D eigenvalue weighted by Gasteiger charge is 2.36. The predicted octanol–water partition coefficient (Wildman–Crippen LogP) is 3.91. The van der Waals surface area contributed by atoms with Gasteiger partial charge in [0.05, 0.1) is 5.56 Å². The lowest BCUT2D eigenvalue weighted by molar-refractivity contribution is -0.138. The number of piperidine rings is 1. The number of amides is 2. The highest BCUT2D eigenvalue weighted by Crippen LogP contribution is 2.29. The van der Waals surface area contributed by atoms with E-state index >= 15 is 0 Å². The molecule has 0 aliphatic carbocycles. The molecule has 2 aliphatic rings. The number of hydrogen-bond acceptors (Lipinski definition) is 5. The molecule has 2 amide bonds. The summed E-state index contributed by atoms with van der Waals surface area (Å²) < 4.78 is 51.8. The van der Waals surface area contributed by atoms with Crippen molar-refractivity contribution < 1.29 is 22.4 Å². The van der Waals surface area contributed by atoms with Gasteiger partial charge in [-0.25, -0.2) is 19.2 Å². The fourth-order valence-corrected chi connectivity index (χ4v) is 4.90. The molecule has 2 atom stereocenters. The number of benzene rings is 1. The number of halogens is 4. The Morgan fingerprint density at radius 2 is 1.71 bits per heavy atom. The molecule has 2 fully saturated rings. The Kier molecular flexibility index (Phi) is 7.44. The van der Waals surface area contributed by atoms with Gasteiger partial charge in [-0.15, -0.1) is 0 Å². The zero-order valence-electron chi connectivity index (χ0n) is 19.8. The van der Waals surface area contributed by atoms with E-state index in [2.05, 4.69) is 20.2 Å². The van der Waals surface area contributed by atoms with Gasteiger partial charge in [-0.05, 0) is 44.4 Å². The molecule has 4 rings (SSSR count). The van der Waals surface area contributed by atoms with E-state index in [4.69, 9.17) is 0 Å². The fraction of sp³-hybridized carbons (Fsp3) is 0.542. The number of rotatable bonds is 4. The molecule has 1 N–H and O–H groups in total. The number of likely N-dealkylation sites (tertiary alicyclic amines) is 1. The molecule has 0 radical (unpaired) electrons. The SMILES string of the molecule is C[C@@H]1CN(c2ncc(C(F)(F)F)cn2)C[C@H](C)N1C(=O)NC1CCN(Cc2cccc(F)c2)CC1. The van der Waals surface area contributed by atoms with Crippen molar-refractivity contribution in [2.75, 3.05) is 31.1 Å². The highest BCUT2D eigenvalue weighted by molar-refractivity contribution is 5.75. The van der Waals surface area contributed by atoms with E-state index in [0.29, 0.717) is 19.6 Å². The van der Waals surface area contributed by atoms with Crippen LogP contribution in [-0.4, -0.2) is 70.1 Å². The van der Waals surface area contributed by atoms with Crippen molar-refractivity contribution in [2.24, 2.45) is 0 Å². The Balaban J connectivity index is 1.28. The number of nitrogens with one attached hydrogen (secondary N) is 1. The van der Waals surface area contributed by atoms with E-state index < -0.39 is 11.7 Å². The topological polar surface area (TPSA) is 64.6 Å². The maximum Gasteiger partial charge on any atom is 0.419 e. The molecule has 1 aromatic carbocycles. The third-order valence-electron chi connectivity index (χ3n) is 6.61. The lowest BCUT2D eigenvalue weighted by Gasteiger charge is -2.45. The zero-order valence-corrected chi connectivity index (χ0v) is 19.8. The first-order chi connectivity index (χ1) is 16.6. The highest BCUT2D eigenvalue weighted by atomic mass is 19.4. The largest absolute Gasteiger partial charge is 0.419 e. The third-order valence-corrected chi connectivity index (χ3v) is 6.61. The van der Waals surface area contributed by atoms with Gasteiger partial charge in [0.15, 0.2) is 0 Å². The van der Waals surface area contributed by atoms with E-state index in [9.17, 15) is 22.4 Å². The van der Waals surface area contributed by atoms with Crippen LogP contribution in [0, 0.1) is 5.82 Å². The summed E-state index contributed by atoms with van der Waals surface area (Å²) in [5.74, 6) is -0.0136. The minimum atomic E-state index is -4.48. The van der Waals surface area contributed by atoms with Gasteiger partial charge in [0.1, 0.15) is 5.82 Å². The van der Waals surface area contributed by atoms with Gasteiger partial charge in [-0.2, -0.15) is 13.2 Å². The molecule has 11 heteroatoms. The van der Waals surface area contributed by atoms with Crippen molar-refractivity contribution in [3.63, 3.8) is 0 Å². The molecule has 0 bridgehead atoms. The van der Waals surface area contributed by atoms with Crippen LogP contribution in [0.3, 0.4) is 0 Å². The quantitative estimate of drug-likeness (QED) is 0.653. The number of carbonyl (C=O) groups is 1. The van der Waals surface area contributed by atoms with Gasteiger partial charge >= 0.3 is 12.2 Å². The molecular weight excluding hydrogens is 464 g/mol. The number of urea groups is 1. The summed E-state index contributed by atoms with van der Waals surface area (Å²) in [6.07, 6.45) is -1.29. The summed E-state index contributed by atoms with van der Waals surface area (Å²) in [6.45, 7) is 6.98. The van der Waals surface area contributed by atoms with Gasteiger partial charge in [0.2, 0.25) is 5.95 Å².